The Hall–Kier alpha value is -2.54. The molecule has 1 aromatic carbocycles. The lowest BCUT2D eigenvalue weighted by molar-refractivity contribution is -0.347. The van der Waals surface area contributed by atoms with E-state index < -0.39 is 144 Å². The average molecular weight is 1060 g/mol. The SMILES string of the molecule is COC1CC(OC2C(C)OC(OC3C(C)OC(OC4C(C)OC(OC5CCC6(C)C(=CCC7(O)C6CC(OC(=O)c6ccccc6)C6(C)C(O)(C(C)=O)CCC76O)C5)CC4OC)CC3OC)CC2OC)OC(C)C1O. The molecule has 8 aliphatic rings. The Balaban J connectivity index is 0.810. The number of ether oxygens (including phenoxy) is 13. The second-order valence-corrected chi connectivity index (χ2v) is 23.2. The molecular formula is C56H84O19. The van der Waals surface area contributed by atoms with Crippen molar-refractivity contribution >= 4 is 11.8 Å². The zero-order valence-electron chi connectivity index (χ0n) is 45.6. The van der Waals surface area contributed by atoms with Crippen LogP contribution in [0, 0.1) is 16.7 Å². The van der Waals surface area contributed by atoms with Crippen molar-refractivity contribution in [3.8, 4) is 0 Å². The minimum absolute atomic E-state index is 0.0438. The largest absolute Gasteiger partial charge is 0.458 e. The van der Waals surface area contributed by atoms with Crippen molar-refractivity contribution in [2.24, 2.45) is 16.7 Å². The monoisotopic (exact) mass is 1060 g/mol. The highest BCUT2D eigenvalue weighted by atomic mass is 16.8. The van der Waals surface area contributed by atoms with Gasteiger partial charge < -0.3 is 82.0 Å². The van der Waals surface area contributed by atoms with E-state index in [9.17, 15) is 30.0 Å². The Labute approximate surface area is 441 Å². The molecule has 0 radical (unpaired) electrons. The van der Waals surface area contributed by atoms with Crippen LogP contribution in [0.1, 0.15) is 129 Å². The summed E-state index contributed by atoms with van der Waals surface area (Å²) in [6.07, 6.45) is -4.06. The number of methoxy groups -OCH3 is 4. The molecule has 4 aliphatic heterocycles. The van der Waals surface area contributed by atoms with Crippen molar-refractivity contribution in [3.63, 3.8) is 0 Å². The summed E-state index contributed by atoms with van der Waals surface area (Å²) < 4.78 is 81.6. The van der Waals surface area contributed by atoms with Crippen LogP contribution in [0.2, 0.25) is 0 Å². The highest BCUT2D eigenvalue weighted by molar-refractivity contribution is 5.90. The van der Waals surface area contributed by atoms with Crippen molar-refractivity contribution < 1.29 is 91.6 Å². The summed E-state index contributed by atoms with van der Waals surface area (Å²) in [6, 6.07) is 8.53. The summed E-state index contributed by atoms with van der Waals surface area (Å²) in [4.78, 5) is 27.1. The van der Waals surface area contributed by atoms with Crippen LogP contribution in [0.5, 0.6) is 0 Å². The Bertz CT molecular complexity index is 2180. The fraction of sp³-hybridized carbons (Fsp3) is 0.821. The van der Waals surface area contributed by atoms with E-state index in [2.05, 4.69) is 6.92 Å². The van der Waals surface area contributed by atoms with E-state index in [1.165, 1.54) is 6.92 Å². The Morgan fingerprint density at radius 2 is 1.11 bits per heavy atom. The van der Waals surface area contributed by atoms with Gasteiger partial charge in [-0.15, -0.1) is 0 Å². The molecule has 19 heteroatoms. The molecule has 1 aromatic rings. The molecule has 4 aliphatic carbocycles. The Morgan fingerprint density at radius 1 is 0.627 bits per heavy atom. The van der Waals surface area contributed by atoms with Crippen LogP contribution in [-0.2, 0) is 66.4 Å². The second-order valence-electron chi connectivity index (χ2n) is 23.2. The predicted molar refractivity (Wildman–Crippen MR) is 266 cm³/mol. The van der Waals surface area contributed by atoms with Gasteiger partial charge in [0, 0.05) is 60.0 Å². The van der Waals surface area contributed by atoms with Gasteiger partial charge in [0.2, 0.25) is 0 Å². The molecule has 9 rings (SSSR count). The molecule has 4 N–H and O–H groups in total. The van der Waals surface area contributed by atoms with E-state index in [0.29, 0.717) is 50.5 Å². The van der Waals surface area contributed by atoms with Gasteiger partial charge in [0.25, 0.3) is 0 Å². The lowest BCUT2D eigenvalue weighted by Crippen LogP contribution is -2.78. The van der Waals surface area contributed by atoms with Gasteiger partial charge in [0.15, 0.2) is 30.9 Å². The van der Waals surface area contributed by atoms with E-state index in [1.807, 2.05) is 26.8 Å². The maximum absolute atomic E-state index is 13.7. The fourth-order valence-electron chi connectivity index (χ4n) is 14.9. The van der Waals surface area contributed by atoms with Crippen LogP contribution < -0.4 is 0 Å². The van der Waals surface area contributed by atoms with E-state index >= 15 is 0 Å². The first-order valence-electron chi connectivity index (χ1n) is 27.2. The zero-order chi connectivity index (χ0) is 54.0. The number of rotatable bonds is 15. The second kappa shape index (κ2) is 22.2. The predicted octanol–water partition coefficient (Wildman–Crippen LogP) is 4.84. The molecule has 24 atom stereocenters. The van der Waals surface area contributed by atoms with Gasteiger partial charge in [0.05, 0.1) is 65.9 Å². The quantitative estimate of drug-likeness (QED) is 0.136. The van der Waals surface area contributed by atoms with Gasteiger partial charge >= 0.3 is 5.97 Å². The lowest BCUT2D eigenvalue weighted by Gasteiger charge is -2.67. The molecule has 0 amide bonds. The first-order valence-corrected chi connectivity index (χ1v) is 27.2. The highest BCUT2D eigenvalue weighted by Crippen LogP contribution is 2.71. The molecule has 3 saturated carbocycles. The lowest BCUT2D eigenvalue weighted by atomic mass is 9.42. The van der Waals surface area contributed by atoms with Gasteiger partial charge in [-0.2, -0.15) is 0 Å². The summed E-state index contributed by atoms with van der Waals surface area (Å²) in [7, 11) is 6.48. The van der Waals surface area contributed by atoms with E-state index in [0.717, 1.165) is 5.57 Å². The third-order valence-corrected chi connectivity index (χ3v) is 19.4. The number of esters is 1. The fourth-order valence-corrected chi connectivity index (χ4v) is 14.9. The maximum Gasteiger partial charge on any atom is 0.338 e. The molecular weight excluding hydrogens is 977 g/mol. The van der Waals surface area contributed by atoms with E-state index in [4.69, 9.17) is 61.6 Å². The Morgan fingerprint density at radius 3 is 1.60 bits per heavy atom. The van der Waals surface area contributed by atoms with Crippen LogP contribution in [0.15, 0.2) is 42.0 Å². The molecule has 24 unspecified atom stereocenters. The van der Waals surface area contributed by atoms with Crippen molar-refractivity contribution in [1.82, 2.24) is 0 Å². The highest BCUT2D eigenvalue weighted by Gasteiger charge is 2.81. The topological polar surface area (TPSA) is 235 Å². The molecule has 7 fully saturated rings. The summed E-state index contributed by atoms with van der Waals surface area (Å²) in [6.45, 7) is 12.5. The van der Waals surface area contributed by atoms with E-state index in [-0.39, 0.29) is 37.9 Å². The standard InChI is InChI=1S/C56H84O19/c1-29-47(58)37(63-8)24-44(67-29)73-49-31(3)69-46(26-39(49)65-10)75-50-32(4)70-45(27-40(50)66-11)74-48-30(2)68-43(25-38(48)64-9)71-36-18-19-52(6)35(23-36)17-20-55(61)41(52)28-42(72-51(59)34-15-13-12-14-16-34)53(7)54(60,33(5)57)21-22-56(53,55)62/h12-17,29-32,36-50,58,60-62H,18-28H2,1-11H3. The first-order chi connectivity index (χ1) is 35.6. The molecule has 0 bridgehead atoms. The van der Waals surface area contributed by atoms with Crippen molar-refractivity contribution in [2.75, 3.05) is 28.4 Å². The minimum atomic E-state index is -2.04. The smallest absolute Gasteiger partial charge is 0.338 e. The number of carbonyl (C=O) groups excluding carboxylic acids is 2. The molecule has 4 saturated heterocycles. The number of benzene rings is 1. The number of hydrogen-bond donors (Lipinski definition) is 4. The van der Waals surface area contributed by atoms with Gasteiger partial charge in [-0.3, -0.25) is 4.79 Å². The molecule has 422 valence electrons. The number of fused-ring (bicyclic) bond motifs is 5. The van der Waals surface area contributed by atoms with Crippen LogP contribution >= 0.6 is 0 Å². The van der Waals surface area contributed by atoms with E-state index in [1.54, 1.807) is 72.6 Å². The maximum atomic E-state index is 13.7. The summed E-state index contributed by atoms with van der Waals surface area (Å²) >= 11 is 0. The third kappa shape index (κ3) is 10.0. The summed E-state index contributed by atoms with van der Waals surface area (Å²) in [5.74, 6) is -1.75. The zero-order valence-corrected chi connectivity index (χ0v) is 45.6. The number of carbonyl (C=O) groups is 2. The van der Waals surface area contributed by atoms with Crippen LogP contribution in [0.3, 0.4) is 0 Å². The molecule has 19 nitrogen and oxygen atoms in total. The van der Waals surface area contributed by atoms with Gasteiger partial charge in [-0.25, -0.2) is 4.79 Å². The third-order valence-electron chi connectivity index (χ3n) is 19.4. The average Bonchev–Trinajstić information content (AvgIpc) is 3.68. The number of aliphatic hydroxyl groups is 4. The molecule has 0 spiro atoms. The van der Waals surface area contributed by atoms with Gasteiger partial charge in [-0.05, 0) is 104 Å². The van der Waals surface area contributed by atoms with Crippen molar-refractivity contribution in [2.45, 2.75) is 247 Å². The van der Waals surface area contributed by atoms with Crippen LogP contribution in [0.25, 0.3) is 0 Å². The molecule has 75 heavy (non-hydrogen) atoms. The number of aliphatic hydroxyl groups excluding tert-OH is 1. The first kappa shape index (κ1) is 57.2. The number of ketones is 1. The minimum Gasteiger partial charge on any atom is -0.458 e. The summed E-state index contributed by atoms with van der Waals surface area (Å²) in [5, 5.41) is 48.5. The number of hydrogen-bond acceptors (Lipinski definition) is 19. The number of Topliss-reactive ketones (excluding diaryl/α,β-unsaturated/α-hetero) is 1. The molecule has 4 heterocycles. The summed E-state index contributed by atoms with van der Waals surface area (Å²) in [5.41, 5.74) is -6.68. The Kier molecular flexibility index (Phi) is 16.9. The van der Waals surface area contributed by atoms with Crippen LogP contribution in [0.4, 0.5) is 0 Å². The van der Waals surface area contributed by atoms with Crippen LogP contribution in [-0.4, -0.2) is 188 Å². The normalized spacial score (nSPS) is 48.9. The van der Waals surface area contributed by atoms with Gasteiger partial charge in [-0.1, -0.05) is 36.8 Å². The van der Waals surface area contributed by atoms with Gasteiger partial charge in [0.1, 0.15) is 47.3 Å². The van der Waals surface area contributed by atoms with Crippen molar-refractivity contribution in [3.05, 3.63) is 47.5 Å². The molecule has 0 aromatic heterocycles. The van der Waals surface area contributed by atoms with Crippen molar-refractivity contribution in [1.29, 1.82) is 0 Å².